The fourth-order valence-corrected chi connectivity index (χ4v) is 4.66. The van der Waals surface area contributed by atoms with Gasteiger partial charge in [-0.2, -0.15) is 0 Å². The quantitative estimate of drug-likeness (QED) is 0.758. The predicted molar refractivity (Wildman–Crippen MR) is 101 cm³/mol. The van der Waals surface area contributed by atoms with Crippen molar-refractivity contribution in [3.05, 3.63) is 59.7 Å². The first-order valence-electron chi connectivity index (χ1n) is 8.80. The van der Waals surface area contributed by atoms with Crippen molar-refractivity contribution in [1.29, 1.82) is 0 Å². The molecule has 1 heterocycles. The number of carbonyl (C=O) groups excluding carboxylic acids is 2. The molecule has 0 spiro atoms. The van der Waals surface area contributed by atoms with Crippen LogP contribution >= 0.6 is 11.8 Å². The number of hydrogen-bond donors (Lipinski definition) is 3. The van der Waals surface area contributed by atoms with Crippen LogP contribution in [0.4, 0.5) is 0 Å². The van der Waals surface area contributed by atoms with Crippen LogP contribution in [0.1, 0.15) is 33.6 Å². The Kier molecular flexibility index (Phi) is 4.70. The highest BCUT2D eigenvalue weighted by Crippen LogP contribution is 2.32. The summed E-state index contributed by atoms with van der Waals surface area (Å²) in [5.41, 5.74) is 6.49. The highest BCUT2D eigenvalue weighted by Gasteiger charge is 2.40. The fourth-order valence-electron chi connectivity index (χ4n) is 3.79. The van der Waals surface area contributed by atoms with Crippen molar-refractivity contribution in [2.75, 3.05) is 6.54 Å². The molecule has 2 bridgehead atoms. The Morgan fingerprint density at radius 3 is 2.50 bits per heavy atom. The molecule has 4 N–H and O–H groups in total. The van der Waals surface area contributed by atoms with Crippen molar-refractivity contribution >= 4 is 23.6 Å². The summed E-state index contributed by atoms with van der Waals surface area (Å²) < 4.78 is 0. The monoisotopic (exact) mass is 367 g/mol. The zero-order chi connectivity index (χ0) is 18.1. The number of piperidine rings is 1. The molecule has 2 aliphatic rings. The standard InChI is InChI=1S/C20H21N3O2S/c21-19(24)13-2-1-3-17(9-13)26-16-6-4-12(5-7-16)20(25)23-18-10-15-8-14(18)11-22-15/h1-7,9,14-15,18,22H,8,10-11H2,(H2,21,24)(H,23,25). The molecule has 1 saturated carbocycles. The molecule has 0 aromatic heterocycles. The molecular weight excluding hydrogens is 346 g/mol. The topological polar surface area (TPSA) is 84.2 Å². The van der Waals surface area contributed by atoms with Gasteiger partial charge in [-0.05, 0) is 61.2 Å². The number of primary amides is 1. The maximum atomic E-state index is 12.5. The minimum atomic E-state index is -0.435. The van der Waals surface area contributed by atoms with Gasteiger partial charge < -0.3 is 16.4 Å². The highest BCUT2D eigenvalue weighted by atomic mass is 32.2. The number of benzene rings is 2. The first-order valence-corrected chi connectivity index (χ1v) is 9.62. The van der Waals surface area contributed by atoms with E-state index >= 15 is 0 Å². The molecule has 26 heavy (non-hydrogen) atoms. The molecule has 2 fully saturated rings. The second-order valence-corrected chi connectivity index (χ2v) is 8.08. The lowest BCUT2D eigenvalue weighted by atomic mass is 10.0. The van der Waals surface area contributed by atoms with Crippen LogP contribution in [-0.4, -0.2) is 30.4 Å². The average Bonchev–Trinajstić information content (AvgIpc) is 3.25. The summed E-state index contributed by atoms with van der Waals surface area (Å²) in [6.45, 7) is 1.01. The number of rotatable bonds is 5. The van der Waals surface area contributed by atoms with Gasteiger partial charge >= 0.3 is 0 Å². The van der Waals surface area contributed by atoms with E-state index in [1.807, 2.05) is 36.4 Å². The van der Waals surface area contributed by atoms with Gasteiger partial charge in [0.2, 0.25) is 5.91 Å². The van der Waals surface area contributed by atoms with Crippen molar-refractivity contribution in [2.45, 2.75) is 34.7 Å². The summed E-state index contributed by atoms with van der Waals surface area (Å²) in [4.78, 5) is 25.7. The second-order valence-electron chi connectivity index (χ2n) is 6.94. The van der Waals surface area contributed by atoms with Gasteiger partial charge in [0.1, 0.15) is 0 Å². The van der Waals surface area contributed by atoms with Gasteiger partial charge in [-0.3, -0.25) is 9.59 Å². The SMILES string of the molecule is NC(=O)c1cccc(Sc2ccc(C(=O)NC3CC4CC3CN4)cc2)c1. The summed E-state index contributed by atoms with van der Waals surface area (Å²) in [6, 6.07) is 15.6. The van der Waals surface area contributed by atoms with E-state index in [4.69, 9.17) is 5.73 Å². The zero-order valence-corrected chi connectivity index (χ0v) is 15.1. The van der Waals surface area contributed by atoms with Crippen LogP contribution < -0.4 is 16.4 Å². The Morgan fingerprint density at radius 1 is 1.04 bits per heavy atom. The molecule has 3 atom stereocenters. The fraction of sp³-hybridized carbons (Fsp3) is 0.300. The molecule has 2 aromatic carbocycles. The third kappa shape index (κ3) is 3.61. The minimum absolute atomic E-state index is 0.00479. The zero-order valence-electron chi connectivity index (χ0n) is 14.3. The van der Waals surface area contributed by atoms with E-state index in [1.54, 1.807) is 12.1 Å². The van der Waals surface area contributed by atoms with E-state index in [-0.39, 0.29) is 5.91 Å². The summed E-state index contributed by atoms with van der Waals surface area (Å²) in [7, 11) is 0. The lowest BCUT2D eigenvalue weighted by Crippen LogP contribution is -2.44. The van der Waals surface area contributed by atoms with Gasteiger partial charge in [0, 0.05) is 39.5 Å². The van der Waals surface area contributed by atoms with E-state index in [1.165, 1.54) is 18.2 Å². The maximum absolute atomic E-state index is 12.5. The number of hydrogen-bond acceptors (Lipinski definition) is 4. The summed E-state index contributed by atoms with van der Waals surface area (Å²) in [5, 5.41) is 6.64. The van der Waals surface area contributed by atoms with Gasteiger partial charge in [-0.15, -0.1) is 0 Å². The predicted octanol–water partition coefficient (Wildman–Crippen LogP) is 2.42. The van der Waals surface area contributed by atoms with Crippen LogP contribution in [0.25, 0.3) is 0 Å². The normalized spacial score (nSPS) is 23.8. The van der Waals surface area contributed by atoms with Crippen molar-refractivity contribution in [3.8, 4) is 0 Å². The van der Waals surface area contributed by atoms with E-state index in [2.05, 4.69) is 10.6 Å². The Labute approximate surface area is 156 Å². The molecule has 2 amide bonds. The van der Waals surface area contributed by atoms with Crippen LogP contribution in [0.15, 0.2) is 58.3 Å². The van der Waals surface area contributed by atoms with E-state index < -0.39 is 5.91 Å². The summed E-state index contributed by atoms with van der Waals surface area (Å²) >= 11 is 1.53. The minimum Gasteiger partial charge on any atom is -0.366 e. The van der Waals surface area contributed by atoms with Crippen LogP contribution in [-0.2, 0) is 0 Å². The molecule has 0 radical (unpaired) electrons. The third-order valence-electron chi connectivity index (χ3n) is 5.15. The van der Waals surface area contributed by atoms with Crippen LogP contribution in [0.3, 0.4) is 0 Å². The lowest BCUT2D eigenvalue weighted by molar-refractivity contribution is 0.0924. The molecule has 134 valence electrons. The van der Waals surface area contributed by atoms with Crippen LogP contribution in [0.5, 0.6) is 0 Å². The van der Waals surface area contributed by atoms with Crippen molar-refractivity contribution in [3.63, 3.8) is 0 Å². The van der Waals surface area contributed by atoms with Crippen LogP contribution in [0.2, 0.25) is 0 Å². The van der Waals surface area contributed by atoms with Gasteiger partial charge in [0.15, 0.2) is 0 Å². The summed E-state index contributed by atoms with van der Waals surface area (Å²) in [5.74, 6) is 0.126. The Hall–Kier alpha value is -2.31. The molecule has 6 heteroatoms. The Balaban J connectivity index is 1.39. The molecule has 5 nitrogen and oxygen atoms in total. The second kappa shape index (κ2) is 7.13. The number of fused-ring (bicyclic) bond motifs is 2. The van der Waals surface area contributed by atoms with Crippen molar-refractivity contribution in [1.82, 2.24) is 10.6 Å². The number of amides is 2. The smallest absolute Gasteiger partial charge is 0.251 e. The molecule has 4 rings (SSSR count). The first kappa shape index (κ1) is 17.1. The Morgan fingerprint density at radius 2 is 1.85 bits per heavy atom. The van der Waals surface area contributed by atoms with Crippen molar-refractivity contribution < 1.29 is 9.59 Å². The van der Waals surface area contributed by atoms with Gasteiger partial charge in [-0.25, -0.2) is 0 Å². The molecule has 2 aromatic rings. The lowest BCUT2D eigenvalue weighted by Gasteiger charge is -2.23. The third-order valence-corrected chi connectivity index (χ3v) is 6.15. The van der Waals surface area contributed by atoms with Crippen LogP contribution in [0, 0.1) is 5.92 Å². The molecule has 1 aliphatic heterocycles. The number of nitrogens with two attached hydrogens (primary N) is 1. The van der Waals surface area contributed by atoms with E-state index in [9.17, 15) is 9.59 Å². The number of nitrogens with one attached hydrogen (secondary N) is 2. The Bertz CT molecular complexity index is 837. The first-order chi connectivity index (χ1) is 12.6. The van der Waals surface area contributed by atoms with Crippen molar-refractivity contribution in [2.24, 2.45) is 11.7 Å². The molecular formula is C20H21N3O2S. The highest BCUT2D eigenvalue weighted by molar-refractivity contribution is 7.99. The largest absolute Gasteiger partial charge is 0.366 e. The van der Waals surface area contributed by atoms with Gasteiger partial charge in [0.05, 0.1) is 0 Å². The maximum Gasteiger partial charge on any atom is 0.251 e. The van der Waals surface area contributed by atoms with Gasteiger partial charge in [0.25, 0.3) is 5.91 Å². The van der Waals surface area contributed by atoms with Gasteiger partial charge in [-0.1, -0.05) is 17.8 Å². The number of carbonyl (C=O) groups is 2. The molecule has 3 unspecified atom stereocenters. The van der Waals surface area contributed by atoms with E-state index in [0.29, 0.717) is 29.1 Å². The van der Waals surface area contributed by atoms with E-state index in [0.717, 1.165) is 22.8 Å². The molecule has 1 saturated heterocycles. The average molecular weight is 367 g/mol. The molecule has 1 aliphatic carbocycles. The summed E-state index contributed by atoms with van der Waals surface area (Å²) in [6.07, 6.45) is 2.20.